The van der Waals surface area contributed by atoms with Crippen molar-refractivity contribution in [1.29, 1.82) is 0 Å². The molecule has 7 heteroatoms. The normalized spacial score (nSPS) is 12.1. The van der Waals surface area contributed by atoms with E-state index < -0.39 is 11.6 Å². The Morgan fingerprint density at radius 3 is 2.11 bits per heavy atom. The number of nitrogens with one attached hydrogen (secondary N) is 1. The fraction of sp³-hybridized carbons (Fsp3) is 0.310. The molecule has 0 spiro atoms. The zero-order chi connectivity index (χ0) is 26.3. The maximum atomic E-state index is 13.8. The van der Waals surface area contributed by atoms with Gasteiger partial charge in [-0.3, -0.25) is 9.59 Å². The van der Waals surface area contributed by atoms with Crippen molar-refractivity contribution in [3.05, 3.63) is 99.5 Å². The molecule has 0 saturated carbocycles. The van der Waals surface area contributed by atoms with E-state index in [-0.39, 0.29) is 24.8 Å². The quantitative estimate of drug-likeness (QED) is 0.366. The molecular weight excluding hydrogens is 495 g/mol. The maximum absolute atomic E-state index is 13.8. The van der Waals surface area contributed by atoms with E-state index >= 15 is 0 Å². The van der Waals surface area contributed by atoms with Gasteiger partial charge >= 0.3 is 0 Å². The summed E-state index contributed by atoms with van der Waals surface area (Å²) in [7, 11) is 1.60. The lowest BCUT2D eigenvalue weighted by atomic mass is 10.00. The van der Waals surface area contributed by atoms with E-state index in [0.29, 0.717) is 22.2 Å². The van der Waals surface area contributed by atoms with Crippen LogP contribution in [0.1, 0.15) is 37.5 Å². The minimum absolute atomic E-state index is 0.138. The van der Waals surface area contributed by atoms with E-state index in [9.17, 15) is 9.59 Å². The molecule has 190 valence electrons. The van der Waals surface area contributed by atoms with E-state index in [1.807, 2.05) is 81.4 Å². The summed E-state index contributed by atoms with van der Waals surface area (Å²) >= 11 is 12.4. The minimum Gasteiger partial charge on any atom is -0.497 e. The molecule has 0 aliphatic heterocycles. The van der Waals surface area contributed by atoms with Gasteiger partial charge in [-0.2, -0.15) is 0 Å². The van der Waals surface area contributed by atoms with Crippen LogP contribution >= 0.6 is 23.2 Å². The molecule has 0 heterocycles. The van der Waals surface area contributed by atoms with Gasteiger partial charge in [0, 0.05) is 18.5 Å². The number of ether oxygens (including phenoxy) is 1. The highest BCUT2D eigenvalue weighted by Crippen LogP contribution is 2.25. The van der Waals surface area contributed by atoms with Crippen LogP contribution in [0.15, 0.2) is 72.8 Å². The summed E-state index contributed by atoms with van der Waals surface area (Å²) in [5.74, 6) is 0.330. The van der Waals surface area contributed by atoms with Crippen molar-refractivity contribution >= 4 is 35.0 Å². The number of carbonyl (C=O) groups is 2. The standard InChI is InChI=1S/C29H32Cl2N2O3/c1-29(2,3)32-28(35)26(17-20-8-6-5-7-9-20)33(19-22-12-15-24(30)25(31)16-22)27(34)18-21-10-13-23(36-4)14-11-21/h5-16,26H,17-19H2,1-4H3,(H,32,35)/t26-/m1/s1. The number of nitrogens with zero attached hydrogens (tertiary/aromatic N) is 1. The number of hydrogen-bond donors (Lipinski definition) is 1. The van der Waals surface area contributed by atoms with E-state index in [1.165, 1.54) is 0 Å². The summed E-state index contributed by atoms with van der Waals surface area (Å²) in [4.78, 5) is 29.0. The Kier molecular flexibility index (Phi) is 9.41. The lowest BCUT2D eigenvalue weighted by Crippen LogP contribution is -2.54. The largest absolute Gasteiger partial charge is 0.497 e. The molecule has 0 saturated heterocycles. The van der Waals surface area contributed by atoms with E-state index in [0.717, 1.165) is 16.7 Å². The second-order valence-corrected chi connectivity index (χ2v) is 10.6. The van der Waals surface area contributed by atoms with Gasteiger partial charge in [0.1, 0.15) is 11.8 Å². The second kappa shape index (κ2) is 12.3. The average Bonchev–Trinajstić information content (AvgIpc) is 2.83. The van der Waals surface area contributed by atoms with Gasteiger partial charge in [0.15, 0.2) is 0 Å². The third-order valence-electron chi connectivity index (χ3n) is 5.62. The Hall–Kier alpha value is -3.02. The van der Waals surface area contributed by atoms with Crippen molar-refractivity contribution in [3.63, 3.8) is 0 Å². The highest BCUT2D eigenvalue weighted by atomic mass is 35.5. The summed E-state index contributed by atoms with van der Waals surface area (Å²) < 4.78 is 5.23. The molecule has 3 aromatic carbocycles. The molecule has 3 rings (SSSR count). The van der Waals surface area contributed by atoms with Crippen molar-refractivity contribution in [2.24, 2.45) is 0 Å². The highest BCUT2D eigenvalue weighted by Gasteiger charge is 2.32. The molecule has 0 fully saturated rings. The maximum Gasteiger partial charge on any atom is 0.243 e. The third-order valence-corrected chi connectivity index (χ3v) is 6.36. The number of hydrogen-bond acceptors (Lipinski definition) is 3. The Morgan fingerprint density at radius 2 is 1.53 bits per heavy atom. The van der Waals surface area contributed by atoms with Crippen molar-refractivity contribution in [2.45, 2.75) is 51.7 Å². The molecule has 2 amide bonds. The first-order chi connectivity index (χ1) is 17.1. The Balaban J connectivity index is 1.99. The van der Waals surface area contributed by atoms with Crippen LogP contribution in [0, 0.1) is 0 Å². The summed E-state index contributed by atoms with van der Waals surface area (Å²) in [5.41, 5.74) is 2.12. The smallest absolute Gasteiger partial charge is 0.243 e. The molecule has 3 aromatic rings. The summed E-state index contributed by atoms with van der Waals surface area (Å²) in [6, 6.07) is 21.6. The van der Waals surface area contributed by atoms with E-state index in [4.69, 9.17) is 27.9 Å². The first-order valence-electron chi connectivity index (χ1n) is 11.8. The Labute approximate surface area is 223 Å². The van der Waals surface area contributed by atoms with Gasteiger partial charge in [-0.05, 0) is 61.7 Å². The summed E-state index contributed by atoms with van der Waals surface area (Å²) in [5, 5.41) is 3.90. The van der Waals surface area contributed by atoms with Gasteiger partial charge in [-0.15, -0.1) is 0 Å². The summed E-state index contributed by atoms with van der Waals surface area (Å²) in [6.07, 6.45) is 0.512. The van der Waals surface area contributed by atoms with Crippen molar-refractivity contribution in [2.75, 3.05) is 7.11 Å². The van der Waals surface area contributed by atoms with Crippen LogP contribution in [0.4, 0.5) is 0 Å². The molecule has 0 aromatic heterocycles. The van der Waals surface area contributed by atoms with Crippen LogP contribution < -0.4 is 10.1 Å². The van der Waals surface area contributed by atoms with Gasteiger partial charge in [-0.1, -0.05) is 71.7 Å². The van der Waals surface area contributed by atoms with E-state index in [1.54, 1.807) is 24.1 Å². The molecule has 36 heavy (non-hydrogen) atoms. The van der Waals surface area contributed by atoms with Gasteiger partial charge < -0.3 is 15.0 Å². The predicted molar refractivity (Wildman–Crippen MR) is 146 cm³/mol. The van der Waals surface area contributed by atoms with Crippen LogP contribution in [0.25, 0.3) is 0 Å². The number of carbonyl (C=O) groups excluding carboxylic acids is 2. The number of rotatable bonds is 9. The zero-order valence-corrected chi connectivity index (χ0v) is 22.6. The molecular formula is C29H32Cl2N2O3. The van der Waals surface area contributed by atoms with Crippen LogP contribution in [0.2, 0.25) is 10.0 Å². The molecule has 1 atom stereocenters. The van der Waals surface area contributed by atoms with Crippen molar-refractivity contribution < 1.29 is 14.3 Å². The molecule has 0 bridgehead atoms. The third kappa shape index (κ3) is 8.00. The van der Waals surface area contributed by atoms with Crippen LogP contribution in [-0.2, 0) is 29.0 Å². The fourth-order valence-electron chi connectivity index (χ4n) is 3.86. The highest BCUT2D eigenvalue weighted by molar-refractivity contribution is 6.42. The monoisotopic (exact) mass is 526 g/mol. The van der Waals surface area contributed by atoms with Crippen molar-refractivity contribution in [3.8, 4) is 5.75 Å². The first kappa shape index (κ1) is 27.6. The van der Waals surface area contributed by atoms with Crippen LogP contribution in [0.3, 0.4) is 0 Å². The lowest BCUT2D eigenvalue weighted by molar-refractivity contribution is -0.141. The number of amides is 2. The Morgan fingerprint density at radius 1 is 0.889 bits per heavy atom. The zero-order valence-electron chi connectivity index (χ0n) is 21.1. The first-order valence-corrected chi connectivity index (χ1v) is 12.5. The van der Waals surface area contributed by atoms with E-state index in [2.05, 4.69) is 5.32 Å². The second-order valence-electron chi connectivity index (χ2n) is 9.74. The molecule has 0 radical (unpaired) electrons. The topological polar surface area (TPSA) is 58.6 Å². The molecule has 0 aliphatic carbocycles. The number of methoxy groups -OCH3 is 1. The molecule has 5 nitrogen and oxygen atoms in total. The van der Waals surface area contributed by atoms with Gasteiger partial charge in [-0.25, -0.2) is 0 Å². The number of benzene rings is 3. The Bertz CT molecular complexity index is 1180. The van der Waals surface area contributed by atoms with Crippen LogP contribution in [-0.4, -0.2) is 35.4 Å². The average molecular weight is 527 g/mol. The SMILES string of the molecule is COc1ccc(CC(=O)N(Cc2ccc(Cl)c(Cl)c2)[C@H](Cc2ccccc2)C(=O)NC(C)(C)C)cc1. The molecule has 1 N–H and O–H groups in total. The minimum atomic E-state index is -0.730. The summed E-state index contributed by atoms with van der Waals surface area (Å²) in [6.45, 7) is 5.98. The van der Waals surface area contributed by atoms with Gasteiger partial charge in [0.2, 0.25) is 11.8 Å². The van der Waals surface area contributed by atoms with Gasteiger partial charge in [0.05, 0.1) is 23.6 Å². The molecule has 0 unspecified atom stereocenters. The lowest BCUT2D eigenvalue weighted by Gasteiger charge is -2.34. The predicted octanol–water partition coefficient (Wildman–Crippen LogP) is 6.10. The van der Waals surface area contributed by atoms with Gasteiger partial charge in [0.25, 0.3) is 0 Å². The van der Waals surface area contributed by atoms with Crippen LogP contribution in [0.5, 0.6) is 5.75 Å². The fourth-order valence-corrected chi connectivity index (χ4v) is 4.18. The number of halogens is 2. The molecule has 0 aliphatic rings. The van der Waals surface area contributed by atoms with Crippen molar-refractivity contribution in [1.82, 2.24) is 10.2 Å².